The van der Waals surface area contributed by atoms with E-state index in [4.69, 9.17) is 0 Å². The first-order valence-corrected chi connectivity index (χ1v) is 9.33. The molecule has 4 amide bonds. The SMILES string of the molecule is O=C(CCC1NC(=O)N(Cc2ccccc2)C1=O)NCc1nnc2ccccn12. The number of hydrogen-bond acceptors (Lipinski definition) is 5. The van der Waals surface area contributed by atoms with Crippen LogP contribution in [0, 0.1) is 0 Å². The zero-order valence-electron chi connectivity index (χ0n) is 15.6. The highest BCUT2D eigenvalue weighted by Crippen LogP contribution is 2.15. The Hall–Kier alpha value is -3.75. The predicted molar refractivity (Wildman–Crippen MR) is 103 cm³/mol. The summed E-state index contributed by atoms with van der Waals surface area (Å²) in [6, 6.07) is 13.7. The molecule has 0 radical (unpaired) electrons. The number of imide groups is 1. The Morgan fingerprint density at radius 1 is 1.07 bits per heavy atom. The molecule has 3 heterocycles. The number of urea groups is 1. The van der Waals surface area contributed by atoms with Crippen LogP contribution in [0.4, 0.5) is 4.79 Å². The van der Waals surface area contributed by atoms with Gasteiger partial charge in [-0.3, -0.25) is 18.9 Å². The van der Waals surface area contributed by atoms with E-state index in [0.717, 1.165) is 5.56 Å². The molecular formula is C20H20N6O3. The number of rotatable bonds is 7. The van der Waals surface area contributed by atoms with Gasteiger partial charge in [0.15, 0.2) is 11.5 Å². The van der Waals surface area contributed by atoms with E-state index >= 15 is 0 Å². The van der Waals surface area contributed by atoms with E-state index < -0.39 is 12.1 Å². The van der Waals surface area contributed by atoms with Crippen molar-refractivity contribution >= 4 is 23.5 Å². The van der Waals surface area contributed by atoms with Gasteiger partial charge in [0.25, 0.3) is 5.91 Å². The molecule has 1 aromatic carbocycles. The minimum Gasteiger partial charge on any atom is -0.349 e. The number of benzene rings is 1. The molecule has 0 saturated carbocycles. The van der Waals surface area contributed by atoms with Crippen LogP contribution in [0.25, 0.3) is 5.65 Å². The largest absolute Gasteiger partial charge is 0.349 e. The van der Waals surface area contributed by atoms with Gasteiger partial charge in [-0.1, -0.05) is 36.4 Å². The van der Waals surface area contributed by atoms with E-state index in [1.54, 1.807) is 4.40 Å². The molecule has 1 aliphatic rings. The van der Waals surface area contributed by atoms with E-state index in [-0.39, 0.29) is 37.7 Å². The Bertz CT molecular complexity index is 1050. The summed E-state index contributed by atoms with van der Waals surface area (Å²) in [5.74, 6) is 0.0876. The fourth-order valence-electron chi connectivity index (χ4n) is 3.24. The number of amides is 4. The Labute approximate surface area is 166 Å². The molecule has 0 spiro atoms. The van der Waals surface area contributed by atoms with Crippen molar-refractivity contribution in [2.75, 3.05) is 0 Å². The minimum atomic E-state index is -0.689. The zero-order valence-corrected chi connectivity index (χ0v) is 15.6. The maximum absolute atomic E-state index is 12.5. The van der Waals surface area contributed by atoms with Crippen molar-refractivity contribution < 1.29 is 14.4 Å². The summed E-state index contributed by atoms with van der Waals surface area (Å²) in [6.07, 6.45) is 2.18. The normalized spacial score (nSPS) is 16.3. The molecule has 2 N–H and O–H groups in total. The van der Waals surface area contributed by atoms with Crippen LogP contribution in [-0.4, -0.2) is 43.4 Å². The molecular weight excluding hydrogens is 372 g/mol. The number of nitrogens with one attached hydrogen (secondary N) is 2. The number of hydrogen-bond donors (Lipinski definition) is 2. The van der Waals surface area contributed by atoms with Gasteiger partial charge in [-0.25, -0.2) is 4.79 Å². The monoisotopic (exact) mass is 392 g/mol. The smallest absolute Gasteiger partial charge is 0.325 e. The van der Waals surface area contributed by atoms with Crippen LogP contribution in [0.15, 0.2) is 54.7 Å². The average Bonchev–Trinajstić information content (AvgIpc) is 3.27. The molecule has 9 nitrogen and oxygen atoms in total. The molecule has 0 bridgehead atoms. The van der Waals surface area contributed by atoms with Gasteiger partial charge in [0.05, 0.1) is 13.1 Å². The van der Waals surface area contributed by atoms with Crippen molar-refractivity contribution in [1.82, 2.24) is 30.1 Å². The molecule has 2 aromatic heterocycles. The summed E-state index contributed by atoms with van der Waals surface area (Å²) in [7, 11) is 0. The number of carbonyl (C=O) groups is 3. The van der Waals surface area contributed by atoms with Crippen molar-refractivity contribution in [3.63, 3.8) is 0 Å². The van der Waals surface area contributed by atoms with Crippen molar-refractivity contribution in [2.24, 2.45) is 0 Å². The van der Waals surface area contributed by atoms with Crippen molar-refractivity contribution in [2.45, 2.75) is 32.0 Å². The number of pyridine rings is 1. The number of carbonyl (C=O) groups excluding carboxylic acids is 3. The van der Waals surface area contributed by atoms with E-state index in [1.165, 1.54) is 4.90 Å². The first-order valence-electron chi connectivity index (χ1n) is 9.33. The Morgan fingerprint density at radius 2 is 1.86 bits per heavy atom. The summed E-state index contributed by atoms with van der Waals surface area (Å²) >= 11 is 0. The Balaban J connectivity index is 1.28. The molecule has 29 heavy (non-hydrogen) atoms. The third-order valence-corrected chi connectivity index (χ3v) is 4.78. The molecule has 1 fully saturated rings. The van der Waals surface area contributed by atoms with Crippen LogP contribution >= 0.6 is 0 Å². The van der Waals surface area contributed by atoms with E-state index in [0.29, 0.717) is 11.5 Å². The summed E-state index contributed by atoms with van der Waals surface area (Å²) in [6.45, 7) is 0.448. The maximum atomic E-state index is 12.5. The van der Waals surface area contributed by atoms with Crippen LogP contribution in [0.1, 0.15) is 24.2 Å². The van der Waals surface area contributed by atoms with Gasteiger partial charge in [-0.2, -0.15) is 0 Å². The highest BCUT2D eigenvalue weighted by molar-refractivity contribution is 6.04. The van der Waals surface area contributed by atoms with Gasteiger partial charge >= 0.3 is 6.03 Å². The summed E-state index contributed by atoms with van der Waals surface area (Å²) in [5.41, 5.74) is 1.57. The van der Waals surface area contributed by atoms with Crippen LogP contribution in [0.2, 0.25) is 0 Å². The van der Waals surface area contributed by atoms with Crippen LogP contribution in [0.3, 0.4) is 0 Å². The molecule has 1 aliphatic heterocycles. The predicted octanol–water partition coefficient (Wildman–Crippen LogP) is 1.25. The van der Waals surface area contributed by atoms with Crippen molar-refractivity contribution in [1.29, 1.82) is 0 Å². The number of fused-ring (bicyclic) bond motifs is 1. The van der Waals surface area contributed by atoms with Gasteiger partial charge < -0.3 is 10.6 Å². The molecule has 1 atom stereocenters. The lowest BCUT2D eigenvalue weighted by Gasteiger charge is -2.13. The first-order chi connectivity index (χ1) is 14.1. The fraction of sp³-hybridized carbons (Fsp3) is 0.250. The summed E-state index contributed by atoms with van der Waals surface area (Å²) in [5, 5.41) is 13.5. The van der Waals surface area contributed by atoms with Crippen LogP contribution in [-0.2, 0) is 22.7 Å². The quantitative estimate of drug-likeness (QED) is 0.588. The molecule has 1 saturated heterocycles. The zero-order chi connectivity index (χ0) is 20.2. The van der Waals surface area contributed by atoms with Gasteiger partial charge in [0, 0.05) is 12.6 Å². The highest BCUT2D eigenvalue weighted by atomic mass is 16.2. The van der Waals surface area contributed by atoms with Gasteiger partial charge in [-0.15, -0.1) is 10.2 Å². The highest BCUT2D eigenvalue weighted by Gasteiger charge is 2.37. The second-order valence-corrected chi connectivity index (χ2v) is 6.77. The molecule has 0 aliphatic carbocycles. The van der Waals surface area contributed by atoms with Gasteiger partial charge in [-0.05, 0) is 24.1 Å². The molecule has 148 valence electrons. The van der Waals surface area contributed by atoms with Crippen molar-refractivity contribution in [3.8, 4) is 0 Å². The number of aromatic nitrogens is 3. The third-order valence-electron chi connectivity index (χ3n) is 4.78. The lowest BCUT2D eigenvalue weighted by molar-refractivity contribution is -0.128. The third kappa shape index (κ3) is 4.08. The Kier molecular flexibility index (Phi) is 5.19. The van der Waals surface area contributed by atoms with E-state index in [1.807, 2.05) is 54.7 Å². The minimum absolute atomic E-state index is 0.118. The van der Waals surface area contributed by atoms with E-state index in [9.17, 15) is 14.4 Å². The molecule has 3 aromatic rings. The maximum Gasteiger partial charge on any atom is 0.325 e. The van der Waals surface area contributed by atoms with E-state index in [2.05, 4.69) is 20.8 Å². The first kappa shape index (κ1) is 18.6. The molecule has 1 unspecified atom stereocenters. The lowest BCUT2D eigenvalue weighted by atomic mass is 10.1. The van der Waals surface area contributed by atoms with Gasteiger partial charge in [0.2, 0.25) is 5.91 Å². The molecule has 4 rings (SSSR count). The Morgan fingerprint density at radius 3 is 2.69 bits per heavy atom. The second kappa shape index (κ2) is 8.09. The number of nitrogens with zero attached hydrogens (tertiary/aromatic N) is 4. The van der Waals surface area contributed by atoms with Crippen LogP contribution < -0.4 is 10.6 Å². The summed E-state index contributed by atoms with van der Waals surface area (Å²) < 4.78 is 1.79. The fourth-order valence-corrected chi connectivity index (χ4v) is 3.24. The summed E-state index contributed by atoms with van der Waals surface area (Å²) in [4.78, 5) is 38.0. The van der Waals surface area contributed by atoms with Crippen molar-refractivity contribution in [3.05, 3.63) is 66.1 Å². The van der Waals surface area contributed by atoms with Crippen LogP contribution in [0.5, 0.6) is 0 Å². The topological polar surface area (TPSA) is 109 Å². The molecule has 9 heteroatoms. The lowest BCUT2D eigenvalue weighted by Crippen LogP contribution is -2.32. The second-order valence-electron chi connectivity index (χ2n) is 6.77. The standard InChI is InChI=1S/C20H20N6O3/c27-18(21-12-17-24-23-16-8-4-5-11-25(16)17)10-9-15-19(28)26(20(29)22-15)13-14-6-2-1-3-7-14/h1-8,11,15H,9-10,12-13H2,(H,21,27)(H,22,29). The van der Waals surface area contributed by atoms with Gasteiger partial charge in [0.1, 0.15) is 6.04 Å². The average molecular weight is 392 g/mol.